The third-order valence-electron chi connectivity index (χ3n) is 2.60. The summed E-state index contributed by atoms with van der Waals surface area (Å²) in [5.74, 6) is 0. The third-order valence-corrected chi connectivity index (χ3v) is 2.60. The second-order valence-corrected chi connectivity index (χ2v) is 5.26. The number of carbonyl (C=O) groups is 1. The van der Waals surface area contributed by atoms with Gasteiger partial charge in [-0.25, -0.2) is 4.79 Å². The molecule has 0 bridgehead atoms. The molecule has 1 aliphatic heterocycles. The van der Waals surface area contributed by atoms with Crippen molar-refractivity contribution in [2.24, 2.45) is 10.2 Å². The maximum absolute atomic E-state index is 11.9. The van der Waals surface area contributed by atoms with E-state index in [9.17, 15) is 4.79 Å². The maximum atomic E-state index is 11.9. The highest BCUT2D eigenvalue weighted by Gasteiger charge is 2.32. The summed E-state index contributed by atoms with van der Waals surface area (Å²) in [7, 11) is 0. The van der Waals surface area contributed by atoms with Gasteiger partial charge in [-0.3, -0.25) is 0 Å². The topological polar surface area (TPSA) is 127 Å². The molecule has 0 aliphatic carbocycles. The molecule has 0 radical (unpaired) electrons. The molecule has 0 unspecified atom stereocenters. The summed E-state index contributed by atoms with van der Waals surface area (Å²) in [6, 6.07) is -0.971. The van der Waals surface area contributed by atoms with Crippen molar-refractivity contribution in [2.45, 2.75) is 44.9 Å². The Hall–Kier alpha value is -2.11. The highest BCUT2D eigenvalue weighted by Crippen LogP contribution is 2.20. The van der Waals surface area contributed by atoms with Gasteiger partial charge in [0.25, 0.3) is 0 Å². The van der Waals surface area contributed by atoms with Crippen LogP contribution in [0.3, 0.4) is 0 Å². The lowest BCUT2D eigenvalue weighted by molar-refractivity contribution is 0.0189. The fourth-order valence-electron chi connectivity index (χ4n) is 1.79. The average Bonchev–Trinajstić information content (AvgIpc) is 2.29. The van der Waals surface area contributed by atoms with Crippen molar-refractivity contribution < 1.29 is 9.53 Å². The van der Waals surface area contributed by atoms with Gasteiger partial charge in [0.15, 0.2) is 0 Å². The summed E-state index contributed by atoms with van der Waals surface area (Å²) in [6.07, 6.45) is -0.00230. The van der Waals surface area contributed by atoms with Crippen molar-refractivity contribution in [1.82, 2.24) is 4.90 Å². The molecule has 1 fully saturated rings. The summed E-state index contributed by atoms with van der Waals surface area (Å²) in [6.45, 7) is 5.95. The zero-order valence-electron chi connectivity index (χ0n) is 11.2. The second kappa shape index (κ2) is 6.17. The van der Waals surface area contributed by atoms with Crippen molar-refractivity contribution in [3.63, 3.8) is 0 Å². The quantitative estimate of drug-likeness (QED) is 0.433. The molecule has 9 heteroatoms. The van der Waals surface area contributed by atoms with E-state index in [0.717, 1.165) is 0 Å². The van der Waals surface area contributed by atoms with Crippen LogP contribution in [0.25, 0.3) is 20.9 Å². The molecule has 9 nitrogen and oxygen atoms in total. The molecule has 1 saturated heterocycles. The molecule has 2 atom stereocenters. The van der Waals surface area contributed by atoms with Crippen molar-refractivity contribution in [3.8, 4) is 0 Å². The number of piperidine rings is 1. The predicted molar refractivity (Wildman–Crippen MR) is 68.3 cm³/mol. The van der Waals surface area contributed by atoms with Crippen LogP contribution in [-0.4, -0.2) is 41.8 Å². The van der Waals surface area contributed by atoms with Gasteiger partial charge in [-0.1, -0.05) is 10.2 Å². The molecule has 1 rings (SSSR count). The van der Waals surface area contributed by atoms with Crippen LogP contribution in [-0.2, 0) is 4.74 Å². The summed E-state index contributed by atoms with van der Waals surface area (Å²) >= 11 is 0. The number of azide groups is 2. The first-order valence-electron chi connectivity index (χ1n) is 5.93. The van der Waals surface area contributed by atoms with Crippen LogP contribution in [0.2, 0.25) is 0 Å². The molecule has 0 N–H and O–H groups in total. The Morgan fingerprint density at radius 1 is 1.26 bits per heavy atom. The minimum Gasteiger partial charge on any atom is -0.444 e. The summed E-state index contributed by atoms with van der Waals surface area (Å²) < 4.78 is 5.25. The van der Waals surface area contributed by atoms with Crippen molar-refractivity contribution >= 4 is 6.09 Å². The molecule has 1 aliphatic rings. The summed E-state index contributed by atoms with van der Waals surface area (Å²) in [5.41, 5.74) is 16.4. The van der Waals surface area contributed by atoms with Crippen LogP contribution >= 0.6 is 0 Å². The standard InChI is InChI=1S/C10H17N7O2/c1-10(2,3)19-9(18)17-5-4-7(13-15-11)8(6-17)14-16-12/h7-8H,4-6H2,1-3H3/t7-,8+/m0/s1. The zero-order chi connectivity index (χ0) is 14.5. The highest BCUT2D eigenvalue weighted by molar-refractivity contribution is 5.68. The first-order chi connectivity index (χ1) is 8.87. The van der Waals surface area contributed by atoms with Gasteiger partial charge in [0.05, 0.1) is 6.04 Å². The Kier molecular flexibility index (Phi) is 4.86. The number of hydrogen-bond donors (Lipinski definition) is 0. The Bertz CT molecular complexity index is 432. The number of ether oxygens (including phenoxy) is 1. The van der Waals surface area contributed by atoms with E-state index in [1.165, 1.54) is 4.90 Å². The first-order valence-corrected chi connectivity index (χ1v) is 5.93. The smallest absolute Gasteiger partial charge is 0.410 e. The van der Waals surface area contributed by atoms with Gasteiger partial charge in [0, 0.05) is 29.0 Å². The molecule has 0 aromatic rings. The van der Waals surface area contributed by atoms with Gasteiger partial charge in [0.1, 0.15) is 5.60 Å². The molecular weight excluding hydrogens is 250 g/mol. The molecule has 19 heavy (non-hydrogen) atoms. The monoisotopic (exact) mass is 267 g/mol. The molecule has 0 saturated carbocycles. The minimum absolute atomic E-state index is 0.197. The Morgan fingerprint density at radius 3 is 2.37 bits per heavy atom. The van der Waals surface area contributed by atoms with E-state index in [1.54, 1.807) is 20.8 Å². The SMILES string of the molecule is CC(C)(C)OC(=O)N1CC[C@H](N=[N+]=[N-])[C@H](N=[N+]=[N-])C1. The lowest BCUT2D eigenvalue weighted by Gasteiger charge is -2.35. The van der Waals surface area contributed by atoms with Crippen LogP contribution in [0.5, 0.6) is 0 Å². The van der Waals surface area contributed by atoms with E-state index in [1.807, 2.05) is 0 Å². The van der Waals surface area contributed by atoms with Crippen LogP contribution < -0.4 is 0 Å². The van der Waals surface area contributed by atoms with Gasteiger partial charge >= 0.3 is 6.09 Å². The van der Waals surface area contributed by atoms with E-state index < -0.39 is 23.8 Å². The number of likely N-dealkylation sites (tertiary alicyclic amines) is 1. The lowest BCUT2D eigenvalue weighted by atomic mass is 10.0. The Labute approximate surface area is 110 Å². The largest absolute Gasteiger partial charge is 0.444 e. The maximum Gasteiger partial charge on any atom is 0.410 e. The van der Waals surface area contributed by atoms with Gasteiger partial charge in [-0.15, -0.1) is 0 Å². The van der Waals surface area contributed by atoms with Gasteiger partial charge < -0.3 is 9.64 Å². The van der Waals surface area contributed by atoms with Crippen LogP contribution in [0.1, 0.15) is 27.2 Å². The van der Waals surface area contributed by atoms with E-state index in [4.69, 9.17) is 15.8 Å². The molecule has 0 aromatic carbocycles. The summed E-state index contributed by atoms with van der Waals surface area (Å²) in [4.78, 5) is 18.8. The third kappa shape index (κ3) is 4.57. The minimum atomic E-state index is -0.577. The summed E-state index contributed by atoms with van der Waals surface area (Å²) in [5, 5.41) is 7.17. The van der Waals surface area contributed by atoms with Crippen molar-refractivity contribution in [3.05, 3.63) is 20.9 Å². The van der Waals surface area contributed by atoms with Gasteiger partial charge in [-0.2, -0.15) is 0 Å². The fourth-order valence-corrected chi connectivity index (χ4v) is 1.79. The predicted octanol–water partition coefficient (Wildman–Crippen LogP) is 2.99. The molecular formula is C10H17N7O2. The zero-order valence-corrected chi connectivity index (χ0v) is 11.2. The number of nitrogens with zero attached hydrogens (tertiary/aromatic N) is 7. The number of amides is 1. The van der Waals surface area contributed by atoms with Crippen LogP contribution in [0, 0.1) is 0 Å². The van der Waals surface area contributed by atoms with Crippen LogP contribution in [0.4, 0.5) is 4.79 Å². The highest BCUT2D eigenvalue weighted by atomic mass is 16.6. The average molecular weight is 267 g/mol. The Morgan fingerprint density at radius 2 is 1.84 bits per heavy atom. The molecule has 1 amide bonds. The van der Waals surface area contributed by atoms with Crippen molar-refractivity contribution in [1.29, 1.82) is 0 Å². The number of carbonyl (C=O) groups excluding carboxylic acids is 1. The number of rotatable bonds is 2. The van der Waals surface area contributed by atoms with E-state index in [2.05, 4.69) is 20.1 Å². The van der Waals surface area contributed by atoms with E-state index in [0.29, 0.717) is 13.0 Å². The van der Waals surface area contributed by atoms with Crippen LogP contribution in [0.15, 0.2) is 10.2 Å². The van der Waals surface area contributed by atoms with Gasteiger partial charge in [0.2, 0.25) is 0 Å². The van der Waals surface area contributed by atoms with Crippen molar-refractivity contribution in [2.75, 3.05) is 13.1 Å². The fraction of sp³-hybridized carbons (Fsp3) is 0.900. The molecule has 104 valence electrons. The van der Waals surface area contributed by atoms with E-state index in [-0.39, 0.29) is 6.54 Å². The second-order valence-electron chi connectivity index (χ2n) is 5.26. The normalized spacial score (nSPS) is 23.0. The molecule has 1 heterocycles. The Balaban J connectivity index is 2.73. The lowest BCUT2D eigenvalue weighted by Crippen LogP contribution is -2.48. The first kappa shape index (κ1) is 14.9. The molecule has 0 aromatic heterocycles. The van der Waals surface area contributed by atoms with E-state index >= 15 is 0 Å². The number of hydrogen-bond acceptors (Lipinski definition) is 4. The molecule has 0 spiro atoms. The van der Waals surface area contributed by atoms with Gasteiger partial charge in [-0.05, 0) is 38.3 Å².